The Morgan fingerprint density at radius 2 is 2.00 bits per heavy atom. The quantitative estimate of drug-likeness (QED) is 0.141. The van der Waals surface area contributed by atoms with E-state index in [4.69, 9.17) is 30.8 Å². The van der Waals surface area contributed by atoms with Crippen LogP contribution in [0, 0.1) is 12.5 Å². The number of aliphatic hydroxyl groups excluding tert-OH is 2. The van der Waals surface area contributed by atoms with Crippen molar-refractivity contribution in [2.45, 2.75) is 69.1 Å². The van der Waals surface area contributed by atoms with Gasteiger partial charge in [-0.25, -0.2) is 20.6 Å². The van der Waals surface area contributed by atoms with Crippen molar-refractivity contribution in [2.24, 2.45) is 5.92 Å². The molecule has 0 spiro atoms. The molecule has 2 aromatic heterocycles. The monoisotopic (exact) mass is 614 g/mol. The highest BCUT2D eigenvalue weighted by atomic mass is 31.2. The van der Waals surface area contributed by atoms with E-state index in [-0.39, 0.29) is 24.1 Å². The molecule has 6 atom stereocenters. The van der Waals surface area contributed by atoms with Crippen LogP contribution in [0.25, 0.3) is 10.4 Å². The molecule has 1 aliphatic heterocycles. The number of aliphatic hydroxyl groups is 2. The summed E-state index contributed by atoms with van der Waals surface area (Å²) in [6.45, 7) is 8.79. The van der Waals surface area contributed by atoms with Crippen molar-refractivity contribution >= 4 is 25.1 Å². The van der Waals surface area contributed by atoms with E-state index in [0.717, 1.165) is 25.7 Å². The molecule has 1 saturated carbocycles. The lowest BCUT2D eigenvalue weighted by atomic mass is 9.90. The first-order valence-corrected chi connectivity index (χ1v) is 15.6. The summed E-state index contributed by atoms with van der Waals surface area (Å²) in [7, 11) is -4.40. The second-order valence-electron chi connectivity index (χ2n) is 10.8. The van der Waals surface area contributed by atoms with Crippen molar-refractivity contribution in [3.63, 3.8) is 0 Å². The molecule has 5 N–H and O–H groups in total. The van der Waals surface area contributed by atoms with Gasteiger partial charge < -0.3 is 25.2 Å². The van der Waals surface area contributed by atoms with Gasteiger partial charge in [0.2, 0.25) is 0 Å². The predicted molar refractivity (Wildman–Crippen MR) is 153 cm³/mol. The summed E-state index contributed by atoms with van der Waals surface area (Å²) in [4.78, 5) is 20.2. The lowest BCUT2D eigenvalue weighted by molar-refractivity contribution is -0.147. The molecule has 2 aliphatic rings. The number of fused-ring (bicyclic) bond motifs is 1. The van der Waals surface area contributed by atoms with Crippen molar-refractivity contribution in [3.05, 3.63) is 65.9 Å². The number of nitrogens with one attached hydrogen (secondary N) is 1. The highest BCUT2D eigenvalue weighted by molar-refractivity contribution is 7.52. The minimum Gasteiger partial charge on any atom is -0.464 e. The van der Waals surface area contributed by atoms with Crippen molar-refractivity contribution in [2.75, 3.05) is 18.9 Å². The van der Waals surface area contributed by atoms with Gasteiger partial charge in [0.1, 0.15) is 35.8 Å². The average Bonchev–Trinajstić information content (AvgIpc) is 3.55. The Morgan fingerprint density at radius 3 is 2.72 bits per heavy atom. The van der Waals surface area contributed by atoms with Gasteiger partial charge in [0.15, 0.2) is 18.5 Å². The number of hydrogen-bond donors (Lipinski definition) is 4. The van der Waals surface area contributed by atoms with Crippen LogP contribution in [0.5, 0.6) is 5.75 Å². The maximum atomic E-state index is 14.0. The fourth-order valence-corrected chi connectivity index (χ4v) is 6.83. The van der Waals surface area contributed by atoms with E-state index in [1.807, 2.05) is 0 Å². The fraction of sp³-hybridized carbons (Fsp3) is 0.500. The largest absolute Gasteiger partial charge is 0.464 e. The van der Waals surface area contributed by atoms with Crippen LogP contribution in [0.1, 0.15) is 50.8 Å². The highest BCUT2D eigenvalue weighted by Crippen LogP contribution is 2.49. The van der Waals surface area contributed by atoms with Crippen LogP contribution < -0.4 is 15.3 Å². The zero-order chi connectivity index (χ0) is 30.6. The molecule has 15 heteroatoms. The van der Waals surface area contributed by atoms with Gasteiger partial charge in [-0.1, -0.05) is 37.5 Å². The van der Waals surface area contributed by atoms with Crippen molar-refractivity contribution in [3.8, 4) is 5.75 Å². The Labute approximate surface area is 248 Å². The number of aromatic nitrogens is 3. The van der Waals surface area contributed by atoms with Gasteiger partial charge in [-0.3, -0.25) is 18.9 Å². The molecule has 1 saturated heterocycles. The minimum atomic E-state index is -4.40. The van der Waals surface area contributed by atoms with Crippen LogP contribution in [-0.4, -0.2) is 68.0 Å². The molecule has 0 bridgehead atoms. The van der Waals surface area contributed by atoms with Crippen LogP contribution in [0.2, 0.25) is 0 Å². The number of esters is 1. The third-order valence-corrected chi connectivity index (χ3v) is 9.34. The molecule has 0 amide bonds. The van der Waals surface area contributed by atoms with E-state index in [1.54, 1.807) is 42.5 Å². The first-order valence-electron chi connectivity index (χ1n) is 14.1. The topological polar surface area (TPSA) is 184 Å². The standard InChI is InChI=1S/C28H35N6O8P/c1-18(27(37)39-15-19-9-5-3-6-10-19)33-43(38,42-20-11-7-4-8-12-20)40-16-28(30-2)25(36)23(35)24(41-28)21-13-14-22-26(29)31-17-32-34(21)22/h4,7-8,11-14,17-19,23-25,35-36H,3,5-6,9-10,15-16H2,1H3,(H,33,38)(H2,29,31,32)/t18-,23-,24-,25-,28+,43+/m0/s1. The summed E-state index contributed by atoms with van der Waals surface area (Å²) < 4.78 is 38.2. The third kappa shape index (κ3) is 6.67. The average molecular weight is 615 g/mol. The van der Waals surface area contributed by atoms with Crippen LogP contribution >= 0.6 is 7.75 Å². The smallest absolute Gasteiger partial charge is 0.459 e. The Bertz CT molecular complexity index is 1510. The van der Waals surface area contributed by atoms with Crippen molar-refractivity contribution in [1.29, 1.82) is 0 Å². The van der Waals surface area contributed by atoms with Gasteiger partial charge in [0.05, 0.1) is 12.3 Å². The molecule has 1 aromatic carbocycles. The van der Waals surface area contributed by atoms with Gasteiger partial charge in [-0.05, 0) is 49.9 Å². The van der Waals surface area contributed by atoms with Crippen LogP contribution in [0.15, 0.2) is 48.8 Å². The summed E-state index contributed by atoms with van der Waals surface area (Å²) in [6.07, 6.45) is 1.98. The van der Waals surface area contributed by atoms with Crippen LogP contribution in [0.3, 0.4) is 0 Å². The molecule has 5 rings (SSSR count). The number of nitrogens with zero attached hydrogens (tertiary/aromatic N) is 4. The maximum Gasteiger partial charge on any atom is 0.459 e. The first-order chi connectivity index (χ1) is 20.6. The molecular weight excluding hydrogens is 579 g/mol. The Kier molecular flexibility index (Phi) is 9.31. The number of carbonyl (C=O) groups is 1. The second-order valence-corrected chi connectivity index (χ2v) is 12.5. The Balaban J connectivity index is 1.33. The van der Waals surface area contributed by atoms with Crippen LogP contribution in [0.4, 0.5) is 5.82 Å². The summed E-state index contributed by atoms with van der Waals surface area (Å²) in [5.74, 6) is -0.000722. The Morgan fingerprint density at radius 1 is 1.26 bits per heavy atom. The van der Waals surface area contributed by atoms with Gasteiger partial charge >= 0.3 is 19.4 Å². The molecule has 3 heterocycles. The molecule has 14 nitrogen and oxygen atoms in total. The predicted octanol–water partition coefficient (Wildman–Crippen LogP) is 3.03. The number of nitrogen functional groups attached to an aromatic ring is 1. The summed E-state index contributed by atoms with van der Waals surface area (Å²) in [5.41, 5.74) is 4.46. The molecule has 0 unspecified atom stereocenters. The van der Waals surface area contributed by atoms with Crippen molar-refractivity contribution in [1.82, 2.24) is 19.7 Å². The number of rotatable bonds is 11. The fourth-order valence-electron chi connectivity index (χ4n) is 5.32. The number of nitrogens with two attached hydrogens (primary N) is 1. The van der Waals surface area contributed by atoms with Crippen molar-refractivity contribution < 1.29 is 38.1 Å². The second kappa shape index (κ2) is 13.0. The third-order valence-electron chi connectivity index (χ3n) is 7.72. The molecule has 0 radical (unpaired) electrons. The van der Waals surface area contributed by atoms with E-state index >= 15 is 0 Å². The van der Waals surface area contributed by atoms with E-state index in [2.05, 4.69) is 20.0 Å². The summed E-state index contributed by atoms with van der Waals surface area (Å²) >= 11 is 0. The normalized spacial score (nSPS) is 26.4. The van der Waals surface area contributed by atoms with E-state index in [9.17, 15) is 19.6 Å². The molecule has 2 fully saturated rings. The molecule has 3 aromatic rings. The van der Waals surface area contributed by atoms with Gasteiger partial charge in [-0.15, -0.1) is 0 Å². The van der Waals surface area contributed by atoms with E-state index in [1.165, 1.54) is 24.2 Å². The SMILES string of the molecule is [C-]#[N+][C@]1(CO[P@](=O)(N[C@@H](C)C(=O)OCC2CCCCC2)Oc2ccccc2)O[C@@H](c2ccc3c(N)ncnn23)[C@H](O)[C@@H]1O. The van der Waals surface area contributed by atoms with Gasteiger partial charge in [0, 0.05) is 0 Å². The van der Waals surface area contributed by atoms with E-state index < -0.39 is 50.4 Å². The zero-order valence-corrected chi connectivity index (χ0v) is 24.5. The van der Waals surface area contributed by atoms with Gasteiger partial charge in [0.25, 0.3) is 0 Å². The lowest BCUT2D eigenvalue weighted by Gasteiger charge is -2.26. The molecular formula is C28H35N6O8P. The van der Waals surface area contributed by atoms with Crippen LogP contribution in [-0.2, 0) is 23.4 Å². The van der Waals surface area contributed by atoms with Gasteiger partial charge in [-0.2, -0.15) is 10.2 Å². The minimum absolute atomic E-state index is 0.167. The number of anilines is 1. The highest BCUT2D eigenvalue weighted by Gasteiger charge is 2.62. The number of hydrogen-bond acceptors (Lipinski definition) is 11. The number of para-hydroxylation sites is 1. The summed E-state index contributed by atoms with van der Waals surface area (Å²) in [5, 5.41) is 28.6. The molecule has 43 heavy (non-hydrogen) atoms. The number of benzene rings is 1. The zero-order valence-electron chi connectivity index (χ0n) is 23.6. The lowest BCUT2D eigenvalue weighted by Crippen LogP contribution is -2.45. The summed E-state index contributed by atoms with van der Waals surface area (Å²) in [6, 6.07) is 10.2. The molecule has 1 aliphatic carbocycles. The molecule has 230 valence electrons. The Hall–Kier alpha value is -3.57. The van der Waals surface area contributed by atoms with E-state index in [0.29, 0.717) is 11.2 Å². The number of carbonyl (C=O) groups excluding carboxylic acids is 1. The number of ether oxygens (including phenoxy) is 2. The first kappa shape index (κ1) is 30.9. The maximum absolute atomic E-state index is 14.0.